The van der Waals surface area contributed by atoms with Crippen LogP contribution in [0.5, 0.6) is 0 Å². The Hall–Kier alpha value is -2.25. The Balaban J connectivity index is 1.56. The summed E-state index contributed by atoms with van der Waals surface area (Å²) in [6, 6.07) is 9.40. The summed E-state index contributed by atoms with van der Waals surface area (Å²) in [6.45, 7) is 1.94. The fourth-order valence-corrected chi connectivity index (χ4v) is 2.70. The highest BCUT2D eigenvalue weighted by Crippen LogP contribution is 2.18. The molecular formula is C16H21N5O2. The van der Waals surface area contributed by atoms with Gasteiger partial charge >= 0.3 is 0 Å². The second-order valence-electron chi connectivity index (χ2n) is 5.75. The highest BCUT2D eigenvalue weighted by atomic mass is 16.5. The van der Waals surface area contributed by atoms with Crippen molar-refractivity contribution in [2.75, 3.05) is 18.5 Å². The number of amides is 1. The minimum absolute atomic E-state index is 0.156. The van der Waals surface area contributed by atoms with E-state index in [9.17, 15) is 4.79 Å². The van der Waals surface area contributed by atoms with E-state index in [1.165, 1.54) is 0 Å². The largest absolute Gasteiger partial charge is 0.381 e. The van der Waals surface area contributed by atoms with Gasteiger partial charge in [-0.1, -0.05) is 35.5 Å². The standard InChI is InChI=1S/C16H21N5O2/c17-15(13-6-8-23-9-7-13)16(22)18-14-11-21(20-19-14)10-12-4-2-1-3-5-12/h1-5,11,13,15H,6-10,17H2,(H,18,22). The lowest BCUT2D eigenvalue weighted by atomic mass is 9.92. The lowest BCUT2D eigenvalue weighted by Gasteiger charge is -2.26. The maximum atomic E-state index is 12.2. The van der Waals surface area contributed by atoms with Crippen LogP contribution in [0, 0.1) is 5.92 Å². The van der Waals surface area contributed by atoms with Crippen LogP contribution < -0.4 is 11.1 Å². The van der Waals surface area contributed by atoms with Gasteiger partial charge in [-0.25, -0.2) is 4.68 Å². The van der Waals surface area contributed by atoms with E-state index < -0.39 is 6.04 Å². The molecule has 1 saturated heterocycles. The third-order valence-corrected chi connectivity index (χ3v) is 4.05. The molecule has 2 aromatic rings. The van der Waals surface area contributed by atoms with E-state index >= 15 is 0 Å². The molecule has 122 valence electrons. The molecule has 1 unspecified atom stereocenters. The van der Waals surface area contributed by atoms with E-state index in [2.05, 4.69) is 15.6 Å². The van der Waals surface area contributed by atoms with Crippen LogP contribution in [0.25, 0.3) is 0 Å². The quantitative estimate of drug-likeness (QED) is 0.859. The van der Waals surface area contributed by atoms with Gasteiger partial charge in [-0.3, -0.25) is 4.79 Å². The number of nitrogens with zero attached hydrogens (tertiary/aromatic N) is 3. The van der Waals surface area contributed by atoms with Gasteiger partial charge in [0.15, 0.2) is 5.82 Å². The van der Waals surface area contributed by atoms with Crippen LogP contribution in [-0.2, 0) is 16.1 Å². The molecule has 0 aliphatic carbocycles. The first kappa shape index (κ1) is 15.6. The van der Waals surface area contributed by atoms with Gasteiger partial charge in [0.25, 0.3) is 0 Å². The molecule has 0 bridgehead atoms. The Morgan fingerprint density at radius 3 is 2.83 bits per heavy atom. The molecule has 0 radical (unpaired) electrons. The molecule has 1 aliphatic rings. The maximum Gasteiger partial charge on any atom is 0.242 e. The molecule has 1 aliphatic heterocycles. The molecule has 1 fully saturated rings. The van der Waals surface area contributed by atoms with Crippen LogP contribution in [0.2, 0.25) is 0 Å². The number of nitrogens with two attached hydrogens (primary N) is 1. The second kappa shape index (κ2) is 7.34. The number of aromatic nitrogens is 3. The molecule has 1 atom stereocenters. The molecule has 7 nitrogen and oxygen atoms in total. The van der Waals surface area contributed by atoms with Crippen molar-refractivity contribution in [1.29, 1.82) is 0 Å². The maximum absolute atomic E-state index is 12.2. The van der Waals surface area contributed by atoms with Gasteiger partial charge in [0.1, 0.15) is 0 Å². The zero-order chi connectivity index (χ0) is 16.1. The summed E-state index contributed by atoms with van der Waals surface area (Å²) in [5, 5.41) is 10.8. The molecular weight excluding hydrogens is 294 g/mol. The molecule has 3 rings (SSSR count). The van der Waals surface area contributed by atoms with Crippen molar-refractivity contribution in [1.82, 2.24) is 15.0 Å². The Labute approximate surface area is 134 Å². The first-order valence-electron chi connectivity index (χ1n) is 7.80. The van der Waals surface area contributed by atoms with Crippen molar-refractivity contribution >= 4 is 11.7 Å². The van der Waals surface area contributed by atoms with Crippen LogP contribution in [0.15, 0.2) is 36.5 Å². The third-order valence-electron chi connectivity index (χ3n) is 4.05. The molecule has 1 aromatic heterocycles. The number of nitrogens with one attached hydrogen (secondary N) is 1. The van der Waals surface area contributed by atoms with Crippen molar-refractivity contribution in [2.45, 2.75) is 25.4 Å². The van der Waals surface area contributed by atoms with Crippen LogP contribution >= 0.6 is 0 Å². The second-order valence-corrected chi connectivity index (χ2v) is 5.75. The van der Waals surface area contributed by atoms with Crippen molar-refractivity contribution in [3.8, 4) is 0 Å². The first-order valence-corrected chi connectivity index (χ1v) is 7.80. The number of anilines is 1. The van der Waals surface area contributed by atoms with Gasteiger partial charge in [-0.15, -0.1) is 5.10 Å². The minimum atomic E-state index is -0.543. The first-order chi connectivity index (χ1) is 11.2. The molecule has 1 amide bonds. The number of hydrogen-bond donors (Lipinski definition) is 2. The number of carbonyl (C=O) groups excluding carboxylic acids is 1. The average Bonchev–Trinajstić information content (AvgIpc) is 3.02. The summed E-state index contributed by atoms with van der Waals surface area (Å²) in [4.78, 5) is 12.2. The summed E-state index contributed by atoms with van der Waals surface area (Å²) >= 11 is 0. The monoisotopic (exact) mass is 315 g/mol. The van der Waals surface area contributed by atoms with Gasteiger partial charge in [0.05, 0.1) is 18.8 Å². The van der Waals surface area contributed by atoms with Gasteiger partial charge in [-0.2, -0.15) is 0 Å². The summed E-state index contributed by atoms with van der Waals surface area (Å²) in [6.07, 6.45) is 3.34. The number of carbonyl (C=O) groups is 1. The van der Waals surface area contributed by atoms with Gasteiger partial charge in [0, 0.05) is 13.2 Å². The fraction of sp³-hybridized carbons (Fsp3) is 0.438. The van der Waals surface area contributed by atoms with E-state index in [1.54, 1.807) is 10.9 Å². The summed E-state index contributed by atoms with van der Waals surface area (Å²) in [5.74, 6) is 0.361. The van der Waals surface area contributed by atoms with Crippen LogP contribution in [0.1, 0.15) is 18.4 Å². The summed E-state index contributed by atoms with van der Waals surface area (Å²) in [5.41, 5.74) is 7.17. The van der Waals surface area contributed by atoms with E-state index in [4.69, 9.17) is 10.5 Å². The molecule has 0 saturated carbocycles. The molecule has 23 heavy (non-hydrogen) atoms. The van der Waals surface area contributed by atoms with E-state index in [0.717, 1.165) is 18.4 Å². The Bertz CT molecular complexity index is 637. The average molecular weight is 315 g/mol. The molecule has 0 spiro atoms. The number of ether oxygens (including phenoxy) is 1. The zero-order valence-corrected chi connectivity index (χ0v) is 12.9. The number of rotatable bonds is 5. The molecule has 7 heteroatoms. The van der Waals surface area contributed by atoms with Crippen molar-refractivity contribution in [3.63, 3.8) is 0 Å². The van der Waals surface area contributed by atoms with E-state index in [0.29, 0.717) is 25.6 Å². The Morgan fingerprint density at radius 1 is 1.35 bits per heavy atom. The highest BCUT2D eigenvalue weighted by molar-refractivity contribution is 5.93. The Morgan fingerprint density at radius 2 is 2.09 bits per heavy atom. The molecule has 1 aromatic carbocycles. The van der Waals surface area contributed by atoms with Crippen molar-refractivity contribution in [2.24, 2.45) is 11.7 Å². The van der Waals surface area contributed by atoms with Crippen molar-refractivity contribution < 1.29 is 9.53 Å². The smallest absolute Gasteiger partial charge is 0.242 e. The fourth-order valence-electron chi connectivity index (χ4n) is 2.70. The summed E-state index contributed by atoms with van der Waals surface area (Å²) < 4.78 is 6.98. The van der Waals surface area contributed by atoms with E-state index in [1.807, 2.05) is 30.3 Å². The Kier molecular flexibility index (Phi) is 4.99. The van der Waals surface area contributed by atoms with Crippen LogP contribution in [0.4, 0.5) is 5.82 Å². The predicted molar refractivity (Wildman–Crippen MR) is 85.7 cm³/mol. The number of hydrogen-bond acceptors (Lipinski definition) is 5. The zero-order valence-electron chi connectivity index (χ0n) is 12.9. The topological polar surface area (TPSA) is 95.1 Å². The van der Waals surface area contributed by atoms with Crippen LogP contribution in [0.3, 0.4) is 0 Å². The molecule has 3 N–H and O–H groups in total. The normalized spacial score (nSPS) is 16.9. The minimum Gasteiger partial charge on any atom is -0.381 e. The predicted octanol–water partition coefficient (Wildman–Crippen LogP) is 1.02. The van der Waals surface area contributed by atoms with Crippen LogP contribution in [-0.4, -0.2) is 40.2 Å². The lowest BCUT2D eigenvalue weighted by molar-refractivity contribution is -0.119. The highest BCUT2D eigenvalue weighted by Gasteiger charge is 2.27. The lowest BCUT2D eigenvalue weighted by Crippen LogP contribution is -2.44. The van der Waals surface area contributed by atoms with Gasteiger partial charge in [0.2, 0.25) is 5.91 Å². The third kappa shape index (κ3) is 4.14. The summed E-state index contributed by atoms with van der Waals surface area (Å²) in [7, 11) is 0. The van der Waals surface area contributed by atoms with E-state index in [-0.39, 0.29) is 11.8 Å². The number of benzene rings is 1. The SMILES string of the molecule is NC(C(=O)Nc1cn(Cc2ccccc2)nn1)C1CCOCC1. The van der Waals surface area contributed by atoms with Crippen molar-refractivity contribution in [3.05, 3.63) is 42.1 Å². The van der Waals surface area contributed by atoms with Gasteiger partial charge in [-0.05, 0) is 24.3 Å². The van der Waals surface area contributed by atoms with Gasteiger partial charge < -0.3 is 15.8 Å². The molecule has 2 heterocycles.